The summed E-state index contributed by atoms with van der Waals surface area (Å²) in [7, 11) is 0. The third-order valence-corrected chi connectivity index (χ3v) is 0.802. The Morgan fingerprint density at radius 2 is 1.89 bits per heavy atom. The summed E-state index contributed by atoms with van der Waals surface area (Å²) in [5.41, 5.74) is 5.22. The monoisotopic (exact) mass is 145 g/mol. The molecule has 3 nitrogen and oxygen atoms in total. The molecule has 0 unspecified atom stereocenters. The molecule has 0 aliphatic heterocycles. The molecule has 0 amide bonds. The first-order valence-electron chi connectivity index (χ1n) is 2.39. The van der Waals surface area contributed by atoms with Gasteiger partial charge >= 0.3 is 0 Å². The minimum atomic E-state index is 0. The first kappa shape index (κ1) is 8.33. The highest BCUT2D eigenvalue weighted by Gasteiger charge is 1.83. The van der Waals surface area contributed by atoms with Crippen LogP contribution in [0.5, 0.6) is 0 Å². The van der Waals surface area contributed by atoms with Crippen LogP contribution in [0.15, 0.2) is 18.5 Å². The van der Waals surface area contributed by atoms with Crippen LogP contribution in [0, 0.1) is 0 Å². The highest BCUT2D eigenvalue weighted by molar-refractivity contribution is 5.85. The molecule has 0 saturated carbocycles. The summed E-state index contributed by atoms with van der Waals surface area (Å²) in [4.78, 5) is 7.72. The van der Waals surface area contributed by atoms with Crippen molar-refractivity contribution >= 4 is 12.4 Å². The first-order valence-corrected chi connectivity index (χ1v) is 2.39. The molecule has 1 aromatic heterocycles. The average molecular weight is 146 g/mol. The van der Waals surface area contributed by atoms with Crippen LogP contribution in [0.3, 0.4) is 0 Å². The molecule has 9 heavy (non-hydrogen) atoms. The van der Waals surface area contributed by atoms with Crippen LogP contribution in [-0.2, 0) is 6.54 Å². The van der Waals surface area contributed by atoms with Gasteiger partial charge in [0.25, 0.3) is 0 Å². The lowest BCUT2D eigenvalue weighted by molar-refractivity contribution is 0.909. The van der Waals surface area contributed by atoms with E-state index >= 15 is 0 Å². The highest BCUT2D eigenvalue weighted by atomic mass is 35.5. The molecule has 0 aliphatic rings. The third kappa shape index (κ3) is 2.39. The summed E-state index contributed by atoms with van der Waals surface area (Å²) in [6.45, 7) is 0.418. The van der Waals surface area contributed by atoms with Crippen molar-refractivity contribution in [1.82, 2.24) is 9.97 Å². The molecule has 0 aromatic carbocycles. The molecule has 0 aliphatic carbocycles. The third-order valence-electron chi connectivity index (χ3n) is 0.802. The van der Waals surface area contributed by atoms with Gasteiger partial charge in [0.05, 0.1) is 6.54 Å². The Bertz CT molecular complexity index is 154. The zero-order valence-electron chi connectivity index (χ0n) is 4.82. The van der Waals surface area contributed by atoms with Gasteiger partial charge in [-0.3, -0.25) is 0 Å². The average Bonchev–Trinajstić information content (AvgIpc) is 1.90. The Morgan fingerprint density at radius 3 is 2.22 bits per heavy atom. The van der Waals surface area contributed by atoms with Crippen molar-refractivity contribution in [3.8, 4) is 0 Å². The Labute approximate surface area is 59.7 Å². The fourth-order valence-electron chi connectivity index (χ4n) is 0.435. The fraction of sp³-hybridized carbons (Fsp3) is 0.200. The van der Waals surface area contributed by atoms with Crippen LogP contribution < -0.4 is 5.73 Å². The quantitative estimate of drug-likeness (QED) is 0.621. The maximum Gasteiger partial charge on any atom is 0.141 e. The number of hydrogen-bond donors (Lipinski definition) is 1. The summed E-state index contributed by atoms with van der Waals surface area (Å²) in [5, 5.41) is 0. The zero-order valence-corrected chi connectivity index (χ0v) is 5.64. The zero-order chi connectivity index (χ0) is 5.82. The van der Waals surface area contributed by atoms with E-state index < -0.39 is 0 Å². The SMILES string of the molecule is Cl.NCc1ncccn1. The molecular formula is C5H8ClN3. The van der Waals surface area contributed by atoms with Crippen LogP contribution in [-0.4, -0.2) is 9.97 Å². The molecule has 0 radical (unpaired) electrons. The van der Waals surface area contributed by atoms with E-state index in [1.807, 2.05) is 0 Å². The predicted molar refractivity (Wildman–Crippen MR) is 37.2 cm³/mol. The van der Waals surface area contributed by atoms with Crippen LogP contribution in [0.2, 0.25) is 0 Å². The molecule has 4 heteroatoms. The van der Waals surface area contributed by atoms with E-state index in [4.69, 9.17) is 5.73 Å². The van der Waals surface area contributed by atoms with E-state index in [0.717, 1.165) is 0 Å². The number of hydrogen-bond acceptors (Lipinski definition) is 3. The van der Waals surface area contributed by atoms with Crippen LogP contribution in [0.1, 0.15) is 5.82 Å². The second-order valence-corrected chi connectivity index (χ2v) is 1.37. The first-order chi connectivity index (χ1) is 3.93. The molecule has 0 atom stereocenters. The molecule has 1 heterocycles. The molecular weight excluding hydrogens is 138 g/mol. The fourth-order valence-corrected chi connectivity index (χ4v) is 0.435. The van der Waals surface area contributed by atoms with E-state index in [2.05, 4.69) is 9.97 Å². The van der Waals surface area contributed by atoms with Gasteiger partial charge in [0.15, 0.2) is 0 Å². The molecule has 1 aromatic rings. The summed E-state index contributed by atoms with van der Waals surface area (Å²) < 4.78 is 0. The summed E-state index contributed by atoms with van der Waals surface area (Å²) in [5.74, 6) is 0.688. The lowest BCUT2D eigenvalue weighted by Gasteiger charge is -1.88. The molecule has 50 valence electrons. The van der Waals surface area contributed by atoms with Crippen LogP contribution >= 0.6 is 12.4 Å². The number of nitrogens with two attached hydrogens (primary N) is 1. The van der Waals surface area contributed by atoms with Gasteiger partial charge in [0.2, 0.25) is 0 Å². The van der Waals surface area contributed by atoms with Gasteiger partial charge in [-0.05, 0) is 6.07 Å². The Hall–Kier alpha value is -0.670. The minimum absolute atomic E-state index is 0. The Balaban J connectivity index is 0.000000640. The van der Waals surface area contributed by atoms with Gasteiger partial charge in [-0.15, -0.1) is 12.4 Å². The van der Waals surface area contributed by atoms with Gasteiger partial charge in [0.1, 0.15) is 5.82 Å². The van der Waals surface area contributed by atoms with Gasteiger partial charge in [-0.1, -0.05) is 0 Å². The van der Waals surface area contributed by atoms with Crippen molar-refractivity contribution in [2.45, 2.75) is 6.54 Å². The van der Waals surface area contributed by atoms with Crippen molar-refractivity contribution in [3.05, 3.63) is 24.3 Å². The van der Waals surface area contributed by atoms with Crippen molar-refractivity contribution in [2.24, 2.45) is 5.73 Å². The largest absolute Gasteiger partial charge is 0.324 e. The van der Waals surface area contributed by atoms with E-state index in [1.165, 1.54) is 0 Å². The van der Waals surface area contributed by atoms with E-state index in [0.29, 0.717) is 12.4 Å². The molecule has 2 N–H and O–H groups in total. The Morgan fingerprint density at radius 1 is 1.33 bits per heavy atom. The molecule has 0 fully saturated rings. The molecule has 1 rings (SSSR count). The number of halogens is 1. The summed E-state index contributed by atoms with van der Waals surface area (Å²) in [6.07, 6.45) is 3.35. The van der Waals surface area contributed by atoms with E-state index in [9.17, 15) is 0 Å². The second-order valence-electron chi connectivity index (χ2n) is 1.37. The van der Waals surface area contributed by atoms with Crippen LogP contribution in [0.25, 0.3) is 0 Å². The van der Waals surface area contributed by atoms with Gasteiger partial charge in [0, 0.05) is 12.4 Å². The lowest BCUT2D eigenvalue weighted by atomic mass is 10.6. The van der Waals surface area contributed by atoms with Crippen molar-refractivity contribution in [1.29, 1.82) is 0 Å². The standard InChI is InChI=1S/C5H7N3.ClH/c6-4-5-7-2-1-3-8-5;/h1-3H,4,6H2;1H. The highest BCUT2D eigenvalue weighted by Crippen LogP contribution is 1.81. The van der Waals surface area contributed by atoms with Crippen LogP contribution in [0.4, 0.5) is 0 Å². The number of rotatable bonds is 1. The van der Waals surface area contributed by atoms with Gasteiger partial charge in [-0.25, -0.2) is 9.97 Å². The van der Waals surface area contributed by atoms with Gasteiger partial charge < -0.3 is 5.73 Å². The van der Waals surface area contributed by atoms with Crippen molar-refractivity contribution in [2.75, 3.05) is 0 Å². The normalized spacial score (nSPS) is 8.11. The van der Waals surface area contributed by atoms with E-state index in [1.54, 1.807) is 18.5 Å². The number of aromatic nitrogens is 2. The second kappa shape index (κ2) is 4.23. The minimum Gasteiger partial charge on any atom is -0.324 e. The topological polar surface area (TPSA) is 51.8 Å². The predicted octanol–water partition coefficient (Wildman–Crippen LogP) is 0.357. The smallest absolute Gasteiger partial charge is 0.141 e. The Kier molecular flexibility index (Phi) is 3.92. The maximum absolute atomic E-state index is 5.22. The van der Waals surface area contributed by atoms with Crippen molar-refractivity contribution < 1.29 is 0 Å². The summed E-state index contributed by atoms with van der Waals surface area (Å²) >= 11 is 0. The van der Waals surface area contributed by atoms with Gasteiger partial charge in [-0.2, -0.15) is 0 Å². The molecule has 0 bridgehead atoms. The maximum atomic E-state index is 5.22. The van der Waals surface area contributed by atoms with E-state index in [-0.39, 0.29) is 12.4 Å². The molecule has 0 saturated heterocycles. The summed E-state index contributed by atoms with van der Waals surface area (Å²) in [6, 6.07) is 1.76. The number of nitrogens with zero attached hydrogens (tertiary/aromatic N) is 2. The van der Waals surface area contributed by atoms with Crippen molar-refractivity contribution in [3.63, 3.8) is 0 Å². The lowest BCUT2D eigenvalue weighted by Crippen LogP contribution is -2.00. The molecule has 0 spiro atoms.